The fourth-order valence-corrected chi connectivity index (χ4v) is 0.0315. The third-order valence-corrected chi connectivity index (χ3v) is 0.243. The van der Waals surface area contributed by atoms with E-state index in [-0.39, 0.29) is 7.43 Å². The zero-order chi connectivity index (χ0) is 4.99. The van der Waals surface area contributed by atoms with E-state index in [4.69, 9.17) is 0 Å². The SMILES string of the molecule is C.C=CC(=O)OF. The summed E-state index contributed by atoms with van der Waals surface area (Å²) in [5.74, 6) is -1.06. The van der Waals surface area contributed by atoms with Crippen molar-refractivity contribution in [2.75, 3.05) is 0 Å². The topological polar surface area (TPSA) is 26.3 Å². The van der Waals surface area contributed by atoms with E-state index in [9.17, 15) is 9.32 Å². The van der Waals surface area contributed by atoms with E-state index in [0.717, 1.165) is 6.08 Å². The van der Waals surface area contributed by atoms with Crippen LogP contribution in [0.5, 0.6) is 0 Å². The molecule has 7 heavy (non-hydrogen) atoms. The monoisotopic (exact) mass is 106 g/mol. The lowest BCUT2D eigenvalue weighted by Crippen LogP contribution is -1.87. The van der Waals surface area contributed by atoms with Gasteiger partial charge in [-0.3, -0.25) is 4.94 Å². The molecular weight excluding hydrogens is 99.0 g/mol. The predicted octanol–water partition coefficient (Wildman–Crippen LogP) is 1.24. The Hall–Kier alpha value is -0.860. The summed E-state index contributed by atoms with van der Waals surface area (Å²) in [5.41, 5.74) is 0. The van der Waals surface area contributed by atoms with E-state index >= 15 is 0 Å². The predicted molar refractivity (Wildman–Crippen MR) is 24.1 cm³/mol. The standard InChI is InChI=1S/C3H3FO2.CH4/c1-2-3(5)6-4;/h2H,1H2;1H4. The van der Waals surface area contributed by atoms with Crippen LogP contribution in [0.2, 0.25) is 0 Å². The maximum Gasteiger partial charge on any atom is 0.371 e. The van der Waals surface area contributed by atoms with Crippen molar-refractivity contribution in [3.63, 3.8) is 0 Å². The molecule has 0 radical (unpaired) electrons. The second-order valence-electron chi connectivity index (χ2n) is 0.600. The Labute approximate surface area is 41.5 Å². The number of rotatable bonds is 1. The molecule has 0 fully saturated rings. The van der Waals surface area contributed by atoms with Gasteiger partial charge in [0.25, 0.3) is 0 Å². The van der Waals surface area contributed by atoms with Gasteiger partial charge >= 0.3 is 5.97 Å². The maximum atomic E-state index is 10.5. The number of carbonyl (C=O) groups is 1. The van der Waals surface area contributed by atoms with E-state index in [1.54, 1.807) is 0 Å². The van der Waals surface area contributed by atoms with Crippen molar-refractivity contribution in [2.24, 2.45) is 0 Å². The van der Waals surface area contributed by atoms with E-state index in [0.29, 0.717) is 0 Å². The van der Waals surface area contributed by atoms with Crippen LogP contribution in [0.3, 0.4) is 0 Å². The molecule has 0 saturated heterocycles. The molecule has 0 spiro atoms. The first-order valence-corrected chi connectivity index (χ1v) is 1.26. The zero-order valence-electron chi connectivity index (χ0n) is 2.98. The van der Waals surface area contributed by atoms with E-state index in [2.05, 4.69) is 11.5 Å². The molecular formula is C4H7FO2. The van der Waals surface area contributed by atoms with Gasteiger partial charge in [0.15, 0.2) is 0 Å². The zero-order valence-corrected chi connectivity index (χ0v) is 2.98. The van der Waals surface area contributed by atoms with Crippen LogP contribution < -0.4 is 0 Å². The molecule has 3 heteroatoms. The Bertz CT molecular complexity index is 70.1. The number of halogens is 1. The first-order valence-electron chi connectivity index (χ1n) is 1.26. The summed E-state index contributed by atoms with van der Waals surface area (Å²) in [6.45, 7) is 2.92. The highest BCUT2D eigenvalue weighted by molar-refractivity contribution is 5.80. The second kappa shape index (κ2) is 5.14. The highest BCUT2D eigenvalue weighted by Crippen LogP contribution is 1.74. The lowest BCUT2D eigenvalue weighted by molar-refractivity contribution is -0.176. The van der Waals surface area contributed by atoms with Crippen LogP contribution in [0.4, 0.5) is 4.53 Å². The summed E-state index contributed by atoms with van der Waals surface area (Å²) in [6, 6.07) is 0. The van der Waals surface area contributed by atoms with Crippen molar-refractivity contribution in [1.82, 2.24) is 0 Å². The van der Waals surface area contributed by atoms with Gasteiger partial charge in [-0.25, -0.2) is 4.79 Å². The normalized spacial score (nSPS) is 5.86. The van der Waals surface area contributed by atoms with Crippen LogP contribution in [-0.4, -0.2) is 5.97 Å². The summed E-state index contributed by atoms with van der Waals surface area (Å²) in [5, 5.41) is 0. The van der Waals surface area contributed by atoms with Crippen LogP contribution in [0.25, 0.3) is 0 Å². The Morgan fingerprint density at radius 2 is 2.29 bits per heavy atom. The van der Waals surface area contributed by atoms with Gasteiger partial charge in [-0.1, -0.05) is 14.0 Å². The minimum absolute atomic E-state index is 0. The third-order valence-electron chi connectivity index (χ3n) is 0.243. The van der Waals surface area contributed by atoms with Crippen LogP contribution >= 0.6 is 0 Å². The molecule has 2 nitrogen and oxygen atoms in total. The highest BCUT2D eigenvalue weighted by atomic mass is 19.3. The van der Waals surface area contributed by atoms with Gasteiger partial charge in [0, 0.05) is 10.6 Å². The summed E-state index contributed by atoms with van der Waals surface area (Å²) >= 11 is 0. The highest BCUT2D eigenvalue weighted by Gasteiger charge is 1.87. The van der Waals surface area contributed by atoms with Crippen molar-refractivity contribution >= 4 is 5.97 Å². The Balaban J connectivity index is 0. The number of hydrogen-bond donors (Lipinski definition) is 0. The average Bonchev–Trinajstić information content (AvgIpc) is 1.65. The van der Waals surface area contributed by atoms with Gasteiger partial charge in [-0.2, -0.15) is 0 Å². The molecule has 0 aliphatic rings. The second-order valence-corrected chi connectivity index (χ2v) is 0.600. The molecule has 0 N–H and O–H groups in total. The fourth-order valence-electron chi connectivity index (χ4n) is 0.0315. The third kappa shape index (κ3) is 5.14. The van der Waals surface area contributed by atoms with Crippen molar-refractivity contribution in [2.45, 2.75) is 7.43 Å². The Kier molecular flexibility index (Phi) is 6.95. The molecule has 0 heterocycles. The molecule has 0 rings (SSSR count). The van der Waals surface area contributed by atoms with Gasteiger partial charge in [0.05, 0.1) is 0 Å². The summed E-state index contributed by atoms with van der Waals surface area (Å²) in [4.78, 5) is 12.1. The van der Waals surface area contributed by atoms with Crippen LogP contribution in [0, 0.1) is 0 Å². The van der Waals surface area contributed by atoms with Gasteiger partial charge < -0.3 is 0 Å². The van der Waals surface area contributed by atoms with E-state index in [1.807, 2.05) is 0 Å². The molecule has 0 saturated carbocycles. The van der Waals surface area contributed by atoms with Gasteiger partial charge in [0.2, 0.25) is 0 Å². The number of carbonyl (C=O) groups excluding carboxylic acids is 1. The summed E-state index contributed by atoms with van der Waals surface area (Å²) in [6.07, 6.45) is 0.736. The van der Waals surface area contributed by atoms with Crippen molar-refractivity contribution < 1.29 is 14.3 Å². The lowest BCUT2D eigenvalue weighted by Gasteiger charge is -1.74. The molecule has 0 amide bonds. The largest absolute Gasteiger partial charge is 0.371 e. The first kappa shape index (κ1) is 9.46. The fraction of sp³-hybridized carbons (Fsp3) is 0.250. The summed E-state index contributed by atoms with van der Waals surface area (Å²) < 4.78 is 10.5. The average molecular weight is 106 g/mol. The molecule has 0 atom stereocenters. The number of hydrogen-bond acceptors (Lipinski definition) is 2. The molecule has 0 aromatic rings. The van der Waals surface area contributed by atoms with E-state index in [1.165, 1.54) is 0 Å². The van der Waals surface area contributed by atoms with Gasteiger partial charge in [0.1, 0.15) is 0 Å². The van der Waals surface area contributed by atoms with Crippen molar-refractivity contribution in [3.8, 4) is 0 Å². The molecule has 42 valence electrons. The van der Waals surface area contributed by atoms with Crippen molar-refractivity contribution in [3.05, 3.63) is 12.7 Å². The smallest absolute Gasteiger partial charge is 0.250 e. The molecule has 0 aliphatic heterocycles. The van der Waals surface area contributed by atoms with Crippen LogP contribution in [-0.2, 0) is 9.74 Å². The Morgan fingerprint density at radius 3 is 2.29 bits per heavy atom. The minimum atomic E-state index is -1.06. The van der Waals surface area contributed by atoms with Crippen LogP contribution in [0.15, 0.2) is 12.7 Å². The van der Waals surface area contributed by atoms with Crippen LogP contribution in [0.1, 0.15) is 7.43 Å². The molecule has 0 aromatic heterocycles. The molecule has 0 unspecified atom stereocenters. The van der Waals surface area contributed by atoms with E-state index < -0.39 is 5.97 Å². The minimum Gasteiger partial charge on any atom is -0.250 e. The molecule has 0 aliphatic carbocycles. The first-order chi connectivity index (χ1) is 2.81. The molecule has 0 bridgehead atoms. The quantitative estimate of drug-likeness (QED) is 0.470. The van der Waals surface area contributed by atoms with Gasteiger partial charge in [-0.05, 0) is 0 Å². The summed E-state index contributed by atoms with van der Waals surface area (Å²) in [7, 11) is 0. The van der Waals surface area contributed by atoms with Gasteiger partial charge in [-0.15, -0.1) is 0 Å². The lowest BCUT2D eigenvalue weighted by atomic mass is 10.7. The maximum absolute atomic E-state index is 10.5. The Morgan fingerprint density at radius 1 is 1.86 bits per heavy atom. The van der Waals surface area contributed by atoms with Crippen molar-refractivity contribution in [1.29, 1.82) is 0 Å². The molecule has 0 aromatic carbocycles.